The Bertz CT molecular complexity index is 508. The van der Waals surface area contributed by atoms with Crippen LogP contribution in [0.3, 0.4) is 0 Å². The van der Waals surface area contributed by atoms with E-state index in [4.69, 9.17) is 0 Å². The van der Waals surface area contributed by atoms with Crippen molar-refractivity contribution in [2.75, 3.05) is 0 Å². The van der Waals surface area contributed by atoms with Crippen LogP contribution in [-0.4, -0.2) is 9.97 Å². The Morgan fingerprint density at radius 1 is 1.12 bits per heavy atom. The lowest BCUT2D eigenvalue weighted by molar-refractivity contribution is 0.626. The summed E-state index contributed by atoms with van der Waals surface area (Å²) in [5.74, 6) is 0.477. The fourth-order valence-electron chi connectivity index (χ4n) is 1.53. The lowest BCUT2D eigenvalue weighted by atomic mass is 10.2. The third kappa shape index (κ3) is 3.53. The molecule has 17 heavy (non-hydrogen) atoms. The predicted molar refractivity (Wildman–Crippen MR) is 67.5 cm³/mol. The Morgan fingerprint density at radius 3 is 2.47 bits per heavy atom. The molecule has 1 aromatic carbocycles. The Hall–Kier alpha value is -1.42. The molecule has 0 saturated carbocycles. The van der Waals surface area contributed by atoms with Crippen LogP contribution in [0.25, 0.3) is 0 Å². The molecule has 0 amide bonds. The minimum absolute atomic E-state index is 0.204. The molecule has 0 unspecified atom stereocenters. The van der Waals surface area contributed by atoms with Gasteiger partial charge in [-0.3, -0.25) is 0 Å². The molecule has 0 radical (unpaired) electrons. The maximum absolute atomic E-state index is 13.0. The first-order valence-corrected chi connectivity index (χ1v) is 6.31. The monoisotopic (exact) mass is 248 g/mol. The van der Waals surface area contributed by atoms with Gasteiger partial charge in [-0.25, -0.2) is 14.4 Å². The Labute approximate surface area is 104 Å². The molecular weight excluding hydrogens is 235 g/mol. The molecule has 2 aromatic rings. The number of nitrogens with zero attached hydrogens (tertiary/aromatic N) is 2. The zero-order chi connectivity index (χ0) is 12.3. The van der Waals surface area contributed by atoms with E-state index in [-0.39, 0.29) is 5.82 Å². The second-order valence-corrected chi connectivity index (χ2v) is 4.79. The summed E-state index contributed by atoms with van der Waals surface area (Å²) in [7, 11) is 0. The van der Waals surface area contributed by atoms with E-state index >= 15 is 0 Å². The highest BCUT2D eigenvalue weighted by Gasteiger charge is 2.02. The van der Waals surface area contributed by atoms with Crippen LogP contribution in [-0.2, 0) is 5.75 Å². The van der Waals surface area contributed by atoms with Crippen molar-refractivity contribution in [1.29, 1.82) is 0 Å². The van der Waals surface area contributed by atoms with Crippen molar-refractivity contribution >= 4 is 11.8 Å². The van der Waals surface area contributed by atoms with Crippen molar-refractivity contribution in [1.82, 2.24) is 9.97 Å². The van der Waals surface area contributed by atoms with Gasteiger partial charge in [0, 0.05) is 17.1 Å². The van der Waals surface area contributed by atoms with Gasteiger partial charge >= 0.3 is 0 Å². The van der Waals surface area contributed by atoms with Crippen LogP contribution in [0.1, 0.15) is 17.0 Å². The lowest BCUT2D eigenvalue weighted by Crippen LogP contribution is -1.93. The van der Waals surface area contributed by atoms with Crippen LogP contribution < -0.4 is 0 Å². The van der Waals surface area contributed by atoms with E-state index in [1.54, 1.807) is 6.07 Å². The van der Waals surface area contributed by atoms with Crippen molar-refractivity contribution in [3.8, 4) is 0 Å². The number of halogens is 1. The molecule has 0 aliphatic heterocycles. The van der Waals surface area contributed by atoms with Crippen LogP contribution in [0.2, 0.25) is 0 Å². The van der Waals surface area contributed by atoms with E-state index in [1.165, 1.54) is 23.9 Å². The van der Waals surface area contributed by atoms with Gasteiger partial charge in [0.1, 0.15) is 5.82 Å². The van der Waals surface area contributed by atoms with Crippen molar-refractivity contribution in [3.05, 3.63) is 53.1 Å². The van der Waals surface area contributed by atoms with Gasteiger partial charge < -0.3 is 0 Å². The van der Waals surface area contributed by atoms with Gasteiger partial charge in [0.25, 0.3) is 0 Å². The van der Waals surface area contributed by atoms with Crippen molar-refractivity contribution in [3.63, 3.8) is 0 Å². The molecule has 1 aromatic heterocycles. The highest BCUT2D eigenvalue weighted by Crippen LogP contribution is 2.20. The Kier molecular flexibility index (Phi) is 3.74. The summed E-state index contributed by atoms with van der Waals surface area (Å²) in [6.07, 6.45) is 0. The number of hydrogen-bond donors (Lipinski definition) is 0. The van der Waals surface area contributed by atoms with Gasteiger partial charge in [-0.1, -0.05) is 23.9 Å². The van der Waals surface area contributed by atoms with E-state index < -0.39 is 0 Å². The zero-order valence-corrected chi connectivity index (χ0v) is 10.6. The first-order chi connectivity index (χ1) is 8.13. The molecule has 1 heterocycles. The largest absolute Gasteiger partial charge is 0.228 e. The summed E-state index contributed by atoms with van der Waals surface area (Å²) < 4.78 is 13.0. The molecule has 0 atom stereocenters. The second-order valence-electron chi connectivity index (χ2n) is 3.85. The van der Waals surface area contributed by atoms with E-state index in [1.807, 2.05) is 26.0 Å². The van der Waals surface area contributed by atoms with Crippen LogP contribution in [0, 0.1) is 19.7 Å². The molecule has 0 fully saturated rings. The van der Waals surface area contributed by atoms with Crippen LogP contribution in [0.4, 0.5) is 4.39 Å². The molecule has 0 aliphatic carbocycles. The maximum Gasteiger partial charge on any atom is 0.188 e. The first kappa shape index (κ1) is 12.0. The summed E-state index contributed by atoms with van der Waals surface area (Å²) in [6, 6.07) is 8.54. The van der Waals surface area contributed by atoms with E-state index in [2.05, 4.69) is 9.97 Å². The SMILES string of the molecule is Cc1cc(C)nc(SCc2cccc(F)c2)n1. The molecule has 0 saturated heterocycles. The normalized spacial score (nSPS) is 10.5. The molecule has 0 spiro atoms. The van der Waals surface area contributed by atoms with Crippen molar-refractivity contribution in [2.24, 2.45) is 0 Å². The van der Waals surface area contributed by atoms with Gasteiger partial charge in [0.05, 0.1) is 0 Å². The van der Waals surface area contributed by atoms with Gasteiger partial charge in [-0.15, -0.1) is 0 Å². The second kappa shape index (κ2) is 5.27. The van der Waals surface area contributed by atoms with Gasteiger partial charge in [-0.05, 0) is 37.6 Å². The predicted octanol–water partition coefficient (Wildman–Crippen LogP) is 3.52. The summed E-state index contributed by atoms with van der Waals surface area (Å²) in [5.41, 5.74) is 2.86. The highest BCUT2D eigenvalue weighted by molar-refractivity contribution is 7.98. The van der Waals surface area contributed by atoms with Crippen LogP contribution in [0.5, 0.6) is 0 Å². The van der Waals surface area contributed by atoms with Gasteiger partial charge in [0.15, 0.2) is 5.16 Å². The summed E-state index contributed by atoms with van der Waals surface area (Å²) in [5, 5.41) is 0.742. The maximum atomic E-state index is 13.0. The molecule has 2 rings (SSSR count). The number of hydrogen-bond acceptors (Lipinski definition) is 3. The topological polar surface area (TPSA) is 25.8 Å². The average Bonchev–Trinajstić information content (AvgIpc) is 2.25. The smallest absolute Gasteiger partial charge is 0.188 e. The molecule has 0 N–H and O–H groups in total. The summed E-state index contributed by atoms with van der Waals surface area (Å²) >= 11 is 1.52. The van der Waals surface area contributed by atoms with Crippen molar-refractivity contribution in [2.45, 2.75) is 24.8 Å². The van der Waals surface area contributed by atoms with Crippen LogP contribution >= 0.6 is 11.8 Å². The molecule has 0 bridgehead atoms. The Balaban J connectivity index is 2.07. The first-order valence-electron chi connectivity index (χ1n) is 5.33. The lowest BCUT2D eigenvalue weighted by Gasteiger charge is -2.03. The van der Waals surface area contributed by atoms with E-state index in [0.717, 1.165) is 22.1 Å². The molecule has 2 nitrogen and oxygen atoms in total. The third-order valence-corrected chi connectivity index (χ3v) is 3.14. The number of benzene rings is 1. The average molecular weight is 248 g/mol. The molecular formula is C13H13FN2S. The standard InChI is InChI=1S/C13H13FN2S/c1-9-6-10(2)16-13(15-9)17-8-11-4-3-5-12(14)7-11/h3-7H,8H2,1-2H3. The fourth-order valence-corrected chi connectivity index (χ4v) is 2.43. The number of thioether (sulfide) groups is 1. The third-order valence-electron chi connectivity index (χ3n) is 2.22. The van der Waals surface area contributed by atoms with E-state index in [9.17, 15) is 4.39 Å². The quantitative estimate of drug-likeness (QED) is 0.614. The number of rotatable bonds is 3. The van der Waals surface area contributed by atoms with E-state index in [0.29, 0.717) is 5.75 Å². The minimum atomic E-state index is -0.204. The zero-order valence-electron chi connectivity index (χ0n) is 9.77. The summed E-state index contributed by atoms with van der Waals surface area (Å²) in [4.78, 5) is 8.66. The van der Waals surface area contributed by atoms with Gasteiger partial charge in [-0.2, -0.15) is 0 Å². The number of aryl methyl sites for hydroxylation is 2. The molecule has 88 valence electrons. The Morgan fingerprint density at radius 2 is 1.82 bits per heavy atom. The number of aromatic nitrogens is 2. The minimum Gasteiger partial charge on any atom is -0.228 e. The highest BCUT2D eigenvalue weighted by atomic mass is 32.2. The fraction of sp³-hybridized carbons (Fsp3) is 0.231. The van der Waals surface area contributed by atoms with Crippen molar-refractivity contribution < 1.29 is 4.39 Å². The van der Waals surface area contributed by atoms with Crippen LogP contribution in [0.15, 0.2) is 35.5 Å². The summed E-state index contributed by atoms with van der Waals surface area (Å²) in [6.45, 7) is 3.89. The molecule has 0 aliphatic rings. The molecule has 4 heteroatoms. The van der Waals surface area contributed by atoms with Gasteiger partial charge in [0.2, 0.25) is 0 Å².